The van der Waals surface area contributed by atoms with Crippen molar-refractivity contribution >= 4 is 44.9 Å². The van der Waals surface area contributed by atoms with Gasteiger partial charge in [-0.05, 0) is 75.3 Å². The molecule has 0 aliphatic carbocycles. The van der Waals surface area contributed by atoms with E-state index in [1.165, 1.54) is 5.69 Å². The number of piperazine rings is 1. The molecule has 2 aliphatic rings. The number of hydrogen-bond donors (Lipinski definition) is 2. The number of carbonyl (C=O) groups excluding carboxylic acids is 2. The number of pyridine rings is 1. The van der Waals surface area contributed by atoms with Crippen LogP contribution >= 0.6 is 11.3 Å². The van der Waals surface area contributed by atoms with Crippen LogP contribution in [0.3, 0.4) is 0 Å². The Morgan fingerprint density at radius 3 is 2.43 bits per heavy atom. The lowest BCUT2D eigenvalue weighted by Gasteiger charge is -2.40. The third kappa shape index (κ3) is 6.46. The van der Waals surface area contributed by atoms with Crippen molar-refractivity contribution in [2.45, 2.75) is 44.8 Å². The molecule has 0 spiro atoms. The van der Waals surface area contributed by atoms with E-state index in [1.54, 1.807) is 23.0 Å². The number of nitrogens with zero attached hydrogens (tertiary/aromatic N) is 5. The molecule has 4 heterocycles. The molecule has 4 aromatic rings. The Balaban J connectivity index is 1.03. The highest BCUT2D eigenvalue weighted by molar-refractivity contribution is 7.16. The molecular weight excluding hydrogens is 570 g/mol. The minimum absolute atomic E-state index is 0.0328. The molecule has 2 aliphatic heterocycles. The Hall–Kier alpha value is -4.28. The van der Waals surface area contributed by atoms with E-state index in [1.807, 2.05) is 37.3 Å². The molecule has 2 fully saturated rings. The maximum atomic E-state index is 13.1. The molecule has 2 aromatic carbocycles. The van der Waals surface area contributed by atoms with Gasteiger partial charge in [-0.15, -0.1) is 11.3 Å². The quantitative estimate of drug-likeness (QED) is 0.296. The summed E-state index contributed by atoms with van der Waals surface area (Å²) in [7, 11) is 2.16. The Kier molecular flexibility index (Phi) is 8.63. The van der Waals surface area contributed by atoms with Crippen molar-refractivity contribution in [1.29, 1.82) is 0 Å². The predicted molar refractivity (Wildman–Crippen MR) is 177 cm³/mol. The predicted octanol–water partition coefficient (Wildman–Crippen LogP) is 5.24. The molecule has 2 amide bonds. The fourth-order valence-electron chi connectivity index (χ4n) is 6.13. The molecule has 2 saturated heterocycles. The van der Waals surface area contributed by atoms with Crippen molar-refractivity contribution in [1.82, 2.24) is 25.5 Å². The molecule has 0 saturated carbocycles. The van der Waals surface area contributed by atoms with Crippen LogP contribution in [0, 0.1) is 0 Å². The van der Waals surface area contributed by atoms with Crippen LogP contribution in [-0.4, -0.2) is 72.0 Å². The Morgan fingerprint density at radius 1 is 0.977 bits per heavy atom. The summed E-state index contributed by atoms with van der Waals surface area (Å²) in [6.07, 6.45) is 2.99. The lowest BCUT2D eigenvalue weighted by molar-refractivity contribution is 0.0926. The van der Waals surface area contributed by atoms with Crippen LogP contribution in [-0.2, 0) is 0 Å². The number of nitrogens with one attached hydrogen (secondary N) is 2. The van der Waals surface area contributed by atoms with E-state index in [9.17, 15) is 9.59 Å². The van der Waals surface area contributed by atoms with Crippen molar-refractivity contribution in [2.24, 2.45) is 0 Å². The first-order valence-corrected chi connectivity index (χ1v) is 16.0. The minimum Gasteiger partial charge on any atom is -0.369 e. The number of benzene rings is 2. The van der Waals surface area contributed by atoms with Gasteiger partial charge in [-0.2, -0.15) is 0 Å². The number of anilines is 2. The van der Waals surface area contributed by atoms with Crippen molar-refractivity contribution in [3.63, 3.8) is 0 Å². The number of likely N-dealkylation sites (N-methyl/N-ethyl adjacent to an activating group) is 1. The van der Waals surface area contributed by atoms with Gasteiger partial charge in [0.05, 0.1) is 27.3 Å². The van der Waals surface area contributed by atoms with Gasteiger partial charge in [0.15, 0.2) is 0 Å². The van der Waals surface area contributed by atoms with E-state index in [-0.39, 0.29) is 29.9 Å². The zero-order chi connectivity index (χ0) is 30.8. The Labute approximate surface area is 262 Å². The summed E-state index contributed by atoms with van der Waals surface area (Å²) in [5.41, 5.74) is 6.89. The van der Waals surface area contributed by atoms with E-state index < -0.39 is 0 Å². The van der Waals surface area contributed by atoms with Gasteiger partial charge in [-0.1, -0.05) is 18.7 Å². The summed E-state index contributed by atoms with van der Waals surface area (Å²) in [5, 5.41) is 6.28. The number of hydrogen-bond acceptors (Lipinski definition) is 8. The van der Waals surface area contributed by atoms with E-state index in [2.05, 4.69) is 80.1 Å². The van der Waals surface area contributed by atoms with Gasteiger partial charge in [0.2, 0.25) is 0 Å². The van der Waals surface area contributed by atoms with E-state index in [4.69, 9.17) is 0 Å². The number of thiazole rings is 1. The third-order valence-corrected chi connectivity index (χ3v) is 9.49. The number of aromatic nitrogens is 2. The standard InChI is InChI=1S/C34H39N7O2S/c1-22-17-28(38-33(42)26-7-11-31-30(19-26)36-21-44-31)18-23(2)41(22)32-12-8-27(20-35-32)34(43)37-24(3)25-5-9-29(10-6-25)40-15-13-39(4)14-16-40/h5-12,19-21,23-24,28H,1,13-18H2,2-4H3,(H,37,43)(H,38,42). The summed E-state index contributed by atoms with van der Waals surface area (Å²) < 4.78 is 1.06. The van der Waals surface area contributed by atoms with Gasteiger partial charge in [-0.3, -0.25) is 9.59 Å². The average Bonchev–Trinajstić information content (AvgIpc) is 3.50. The summed E-state index contributed by atoms with van der Waals surface area (Å²) in [6.45, 7) is 12.6. The molecule has 10 heteroatoms. The van der Waals surface area contributed by atoms with Gasteiger partial charge in [0, 0.05) is 67.8 Å². The first-order chi connectivity index (χ1) is 21.2. The topological polar surface area (TPSA) is 93.7 Å². The zero-order valence-electron chi connectivity index (χ0n) is 25.5. The molecule has 228 valence electrons. The number of carbonyl (C=O) groups is 2. The van der Waals surface area contributed by atoms with Crippen LogP contribution in [0.2, 0.25) is 0 Å². The number of piperidine rings is 1. The summed E-state index contributed by atoms with van der Waals surface area (Å²) in [4.78, 5) is 41.8. The largest absolute Gasteiger partial charge is 0.369 e. The van der Waals surface area contributed by atoms with Crippen LogP contribution in [0.1, 0.15) is 59.0 Å². The highest BCUT2D eigenvalue weighted by Crippen LogP contribution is 2.30. The fraction of sp³-hybridized carbons (Fsp3) is 0.353. The van der Waals surface area contributed by atoms with Crippen LogP contribution in [0.5, 0.6) is 0 Å². The molecule has 0 radical (unpaired) electrons. The maximum absolute atomic E-state index is 13.1. The molecule has 2 aromatic heterocycles. The van der Waals surface area contributed by atoms with Crippen LogP contribution in [0.25, 0.3) is 10.2 Å². The Bertz CT molecular complexity index is 1640. The SMILES string of the molecule is C=C1CC(NC(=O)c2ccc3scnc3c2)CC(C)N1c1ccc(C(=O)NC(C)c2ccc(N3CCN(C)CC3)cc2)cn1. The smallest absolute Gasteiger partial charge is 0.253 e. The third-order valence-electron chi connectivity index (χ3n) is 8.68. The van der Waals surface area contributed by atoms with Gasteiger partial charge < -0.3 is 25.3 Å². The first kappa shape index (κ1) is 29.8. The van der Waals surface area contributed by atoms with Crippen LogP contribution in [0.15, 0.2) is 78.6 Å². The monoisotopic (exact) mass is 609 g/mol. The zero-order valence-corrected chi connectivity index (χ0v) is 26.3. The number of amides is 2. The van der Waals surface area contributed by atoms with Crippen molar-refractivity contribution in [3.05, 3.63) is 95.3 Å². The second-order valence-corrected chi connectivity index (χ2v) is 12.8. The van der Waals surface area contributed by atoms with Crippen molar-refractivity contribution in [3.8, 4) is 0 Å². The lowest BCUT2D eigenvalue weighted by atomic mass is 9.95. The minimum atomic E-state index is -0.163. The molecular formula is C34H39N7O2S. The number of fused-ring (bicyclic) bond motifs is 1. The van der Waals surface area contributed by atoms with Gasteiger partial charge in [0.25, 0.3) is 11.8 Å². The van der Waals surface area contributed by atoms with E-state index in [0.29, 0.717) is 17.5 Å². The van der Waals surface area contributed by atoms with Crippen molar-refractivity contribution in [2.75, 3.05) is 43.0 Å². The first-order valence-electron chi connectivity index (χ1n) is 15.2. The normalized spacial score (nSPS) is 20.0. The fourth-order valence-corrected chi connectivity index (χ4v) is 6.78. The summed E-state index contributed by atoms with van der Waals surface area (Å²) in [5.74, 6) is 0.473. The highest BCUT2D eigenvalue weighted by atomic mass is 32.1. The molecule has 9 nitrogen and oxygen atoms in total. The molecule has 6 rings (SSSR count). The lowest BCUT2D eigenvalue weighted by Crippen LogP contribution is -2.47. The average molecular weight is 610 g/mol. The van der Waals surface area contributed by atoms with Crippen LogP contribution < -0.4 is 20.4 Å². The van der Waals surface area contributed by atoms with Crippen LogP contribution in [0.4, 0.5) is 11.5 Å². The van der Waals surface area contributed by atoms with Gasteiger partial charge >= 0.3 is 0 Å². The van der Waals surface area contributed by atoms with E-state index >= 15 is 0 Å². The molecule has 2 N–H and O–H groups in total. The van der Waals surface area contributed by atoms with Crippen molar-refractivity contribution < 1.29 is 9.59 Å². The molecule has 0 bridgehead atoms. The second kappa shape index (κ2) is 12.8. The molecule has 3 atom stereocenters. The second-order valence-electron chi connectivity index (χ2n) is 11.9. The van der Waals surface area contributed by atoms with Gasteiger partial charge in [0.1, 0.15) is 5.82 Å². The van der Waals surface area contributed by atoms with Gasteiger partial charge in [-0.25, -0.2) is 9.97 Å². The highest BCUT2D eigenvalue weighted by Gasteiger charge is 2.30. The summed E-state index contributed by atoms with van der Waals surface area (Å²) >= 11 is 1.56. The molecule has 3 unspecified atom stereocenters. The Morgan fingerprint density at radius 2 is 1.73 bits per heavy atom. The molecule has 44 heavy (non-hydrogen) atoms. The van der Waals surface area contributed by atoms with E-state index in [0.717, 1.165) is 59.9 Å². The number of rotatable bonds is 7. The summed E-state index contributed by atoms with van der Waals surface area (Å²) in [6, 6.07) is 17.7. The maximum Gasteiger partial charge on any atom is 0.253 e.